The lowest BCUT2D eigenvalue weighted by molar-refractivity contribution is 0.394. The predicted octanol–water partition coefficient (Wildman–Crippen LogP) is 5.91. The maximum Gasteiger partial charge on any atom is 0.258 e. The number of aromatic nitrogens is 2. The van der Waals surface area contributed by atoms with Gasteiger partial charge in [-0.3, -0.25) is 0 Å². The third-order valence-electron chi connectivity index (χ3n) is 5.97. The molecule has 1 N–H and O–H groups in total. The molecule has 0 bridgehead atoms. The van der Waals surface area contributed by atoms with E-state index < -0.39 is 0 Å². The molecule has 1 aliphatic rings. The van der Waals surface area contributed by atoms with Crippen molar-refractivity contribution in [2.75, 3.05) is 13.7 Å². The van der Waals surface area contributed by atoms with Crippen LogP contribution in [0.2, 0.25) is 0 Å². The number of nitrogens with zero attached hydrogens (tertiary/aromatic N) is 3. The summed E-state index contributed by atoms with van der Waals surface area (Å²) in [5, 5.41) is 8.50. The molecule has 0 saturated carbocycles. The summed E-state index contributed by atoms with van der Waals surface area (Å²) in [5.74, 6) is 1.85. The van der Waals surface area contributed by atoms with Gasteiger partial charge in [0.05, 0.1) is 18.7 Å². The van der Waals surface area contributed by atoms with E-state index in [4.69, 9.17) is 26.5 Å². The Morgan fingerprint density at radius 2 is 1.91 bits per heavy atom. The summed E-state index contributed by atoms with van der Waals surface area (Å²) in [4.78, 5) is 6.93. The van der Waals surface area contributed by atoms with Crippen molar-refractivity contribution in [1.29, 1.82) is 0 Å². The fourth-order valence-corrected chi connectivity index (χ4v) is 4.42. The number of ether oxygens (including phenoxy) is 1. The number of rotatable bonds is 8. The first-order chi connectivity index (χ1) is 16.0. The molecule has 1 atom stereocenters. The van der Waals surface area contributed by atoms with Crippen LogP contribution in [0.3, 0.4) is 0 Å². The van der Waals surface area contributed by atoms with Gasteiger partial charge in [0, 0.05) is 17.8 Å². The first-order valence-corrected chi connectivity index (χ1v) is 11.8. The van der Waals surface area contributed by atoms with Gasteiger partial charge in [-0.05, 0) is 50.2 Å². The second kappa shape index (κ2) is 10.2. The zero-order valence-corrected chi connectivity index (χ0v) is 20.4. The standard InChI is InChI=1S/C26H30N4O2S/c1-5-6-7-15-30-18(3)22(23(27-26(30)33)20-9-8-10-21(16-20)31-4)25-28-24(29-32-25)19-13-11-17(2)12-14-19/h8-14,16,23H,5-7,15H2,1-4H3,(H,27,33). The van der Waals surface area contributed by atoms with Gasteiger partial charge in [-0.15, -0.1) is 0 Å². The Hall–Kier alpha value is -3.19. The van der Waals surface area contributed by atoms with E-state index in [1.54, 1.807) is 7.11 Å². The van der Waals surface area contributed by atoms with Gasteiger partial charge in [0.1, 0.15) is 5.75 Å². The van der Waals surface area contributed by atoms with Crippen molar-refractivity contribution >= 4 is 22.9 Å². The lowest BCUT2D eigenvalue weighted by Gasteiger charge is -2.37. The summed E-state index contributed by atoms with van der Waals surface area (Å²) in [6.07, 6.45) is 3.37. The van der Waals surface area contributed by atoms with Gasteiger partial charge < -0.3 is 19.5 Å². The van der Waals surface area contributed by atoms with Crippen LogP contribution in [0.15, 0.2) is 58.8 Å². The highest BCUT2D eigenvalue weighted by Gasteiger charge is 2.34. The number of hydrogen-bond donors (Lipinski definition) is 1. The van der Waals surface area contributed by atoms with Crippen LogP contribution in [0.1, 0.15) is 56.2 Å². The van der Waals surface area contributed by atoms with Gasteiger partial charge in [-0.2, -0.15) is 4.98 Å². The van der Waals surface area contributed by atoms with Crippen LogP contribution in [0.5, 0.6) is 5.75 Å². The molecule has 0 aliphatic carbocycles. The van der Waals surface area contributed by atoms with Gasteiger partial charge in [-0.25, -0.2) is 0 Å². The van der Waals surface area contributed by atoms with Crippen molar-refractivity contribution in [1.82, 2.24) is 20.4 Å². The number of aryl methyl sites for hydroxylation is 1. The number of allylic oxidation sites excluding steroid dienone is 1. The fraction of sp³-hybridized carbons (Fsp3) is 0.346. The van der Waals surface area contributed by atoms with Crippen molar-refractivity contribution in [3.05, 3.63) is 71.2 Å². The summed E-state index contributed by atoms with van der Waals surface area (Å²) in [6.45, 7) is 7.18. The van der Waals surface area contributed by atoms with Crippen molar-refractivity contribution < 1.29 is 9.26 Å². The number of hydrogen-bond acceptors (Lipinski definition) is 5. The summed E-state index contributed by atoms with van der Waals surface area (Å²) in [6, 6.07) is 15.9. The van der Waals surface area contributed by atoms with Gasteiger partial charge in [-0.1, -0.05) is 66.9 Å². The minimum Gasteiger partial charge on any atom is -0.497 e. The van der Waals surface area contributed by atoms with Crippen LogP contribution < -0.4 is 10.1 Å². The molecule has 1 unspecified atom stereocenters. The molecule has 1 aromatic heterocycles. The minimum atomic E-state index is -0.221. The van der Waals surface area contributed by atoms with E-state index in [1.165, 1.54) is 5.56 Å². The first-order valence-electron chi connectivity index (χ1n) is 11.4. The van der Waals surface area contributed by atoms with E-state index in [0.717, 1.165) is 54.0 Å². The van der Waals surface area contributed by atoms with E-state index in [1.807, 2.05) is 42.5 Å². The van der Waals surface area contributed by atoms with Crippen LogP contribution >= 0.6 is 12.2 Å². The molecule has 172 valence electrons. The second-order valence-electron chi connectivity index (χ2n) is 8.31. The molecule has 1 aliphatic heterocycles. The zero-order valence-electron chi connectivity index (χ0n) is 19.6. The largest absolute Gasteiger partial charge is 0.497 e. The van der Waals surface area contributed by atoms with Crippen molar-refractivity contribution in [2.45, 2.75) is 46.1 Å². The SMILES string of the molecule is CCCCCN1C(=S)NC(c2cccc(OC)c2)C(c2nc(-c3ccc(C)cc3)no2)=C1C. The quantitative estimate of drug-likeness (QED) is 0.330. The minimum absolute atomic E-state index is 0.221. The third-order valence-corrected chi connectivity index (χ3v) is 6.31. The average molecular weight is 463 g/mol. The average Bonchev–Trinajstić information content (AvgIpc) is 3.31. The van der Waals surface area contributed by atoms with E-state index in [-0.39, 0.29) is 6.04 Å². The second-order valence-corrected chi connectivity index (χ2v) is 8.69. The van der Waals surface area contributed by atoms with E-state index in [0.29, 0.717) is 16.8 Å². The van der Waals surface area contributed by atoms with Crippen LogP contribution in [-0.2, 0) is 0 Å². The van der Waals surface area contributed by atoms with Crippen LogP contribution in [0, 0.1) is 6.92 Å². The maximum atomic E-state index is 5.82. The van der Waals surface area contributed by atoms with Crippen molar-refractivity contribution in [3.8, 4) is 17.1 Å². The number of nitrogens with one attached hydrogen (secondary N) is 1. The fourth-order valence-electron chi connectivity index (χ4n) is 4.07. The predicted molar refractivity (Wildman–Crippen MR) is 135 cm³/mol. The van der Waals surface area contributed by atoms with E-state index >= 15 is 0 Å². The Labute approximate surface area is 200 Å². The van der Waals surface area contributed by atoms with E-state index in [9.17, 15) is 0 Å². The molecule has 0 fully saturated rings. The summed E-state index contributed by atoms with van der Waals surface area (Å²) in [5.41, 5.74) is 5.09. The van der Waals surface area contributed by atoms with E-state index in [2.05, 4.69) is 42.2 Å². The lowest BCUT2D eigenvalue weighted by atomic mass is 9.94. The highest BCUT2D eigenvalue weighted by molar-refractivity contribution is 7.80. The molecule has 3 aromatic rings. The molecule has 6 nitrogen and oxygen atoms in total. The molecule has 4 rings (SSSR count). The molecule has 0 spiro atoms. The monoisotopic (exact) mass is 462 g/mol. The topological polar surface area (TPSA) is 63.4 Å². The molecular weight excluding hydrogens is 432 g/mol. The smallest absolute Gasteiger partial charge is 0.258 e. The maximum absolute atomic E-state index is 5.82. The summed E-state index contributed by atoms with van der Waals surface area (Å²) >= 11 is 5.77. The van der Waals surface area contributed by atoms with Gasteiger partial charge in [0.2, 0.25) is 5.82 Å². The number of unbranched alkanes of at least 4 members (excludes halogenated alkanes) is 2. The Balaban J connectivity index is 1.77. The molecule has 0 saturated heterocycles. The zero-order chi connectivity index (χ0) is 23.4. The molecule has 0 radical (unpaired) electrons. The number of thiocarbonyl (C=S) groups is 1. The highest BCUT2D eigenvalue weighted by atomic mass is 32.1. The van der Waals surface area contributed by atoms with Gasteiger partial charge in [0.15, 0.2) is 5.11 Å². The first kappa shape index (κ1) is 23.0. The lowest BCUT2D eigenvalue weighted by Crippen LogP contribution is -2.46. The Morgan fingerprint density at radius 1 is 1.12 bits per heavy atom. The van der Waals surface area contributed by atoms with Crippen molar-refractivity contribution in [2.24, 2.45) is 0 Å². The molecule has 2 heterocycles. The highest BCUT2D eigenvalue weighted by Crippen LogP contribution is 2.38. The van der Waals surface area contributed by atoms with Crippen LogP contribution in [0.4, 0.5) is 0 Å². The number of benzene rings is 2. The van der Waals surface area contributed by atoms with Crippen LogP contribution in [-0.4, -0.2) is 33.8 Å². The summed E-state index contributed by atoms with van der Waals surface area (Å²) in [7, 11) is 1.67. The Kier molecular flexibility index (Phi) is 7.08. The molecule has 33 heavy (non-hydrogen) atoms. The normalized spacial score (nSPS) is 16.2. The van der Waals surface area contributed by atoms with Gasteiger partial charge in [0.25, 0.3) is 5.89 Å². The Morgan fingerprint density at radius 3 is 2.64 bits per heavy atom. The molecule has 2 aromatic carbocycles. The molecule has 7 heteroatoms. The third kappa shape index (κ3) is 4.93. The van der Waals surface area contributed by atoms with Gasteiger partial charge >= 0.3 is 0 Å². The Bertz CT molecular complexity index is 1150. The molecule has 0 amide bonds. The molecular formula is C26H30N4O2S. The number of methoxy groups -OCH3 is 1. The van der Waals surface area contributed by atoms with Crippen LogP contribution in [0.25, 0.3) is 17.0 Å². The van der Waals surface area contributed by atoms with Crippen molar-refractivity contribution in [3.63, 3.8) is 0 Å². The summed E-state index contributed by atoms with van der Waals surface area (Å²) < 4.78 is 11.3.